The van der Waals surface area contributed by atoms with E-state index in [2.05, 4.69) is 19.2 Å². The van der Waals surface area contributed by atoms with Gasteiger partial charge in [0, 0.05) is 19.2 Å². The van der Waals surface area contributed by atoms with Gasteiger partial charge in [-0.3, -0.25) is 4.79 Å². The van der Waals surface area contributed by atoms with Gasteiger partial charge in [-0.2, -0.15) is 0 Å². The highest BCUT2D eigenvalue weighted by Gasteiger charge is 1.96. The van der Waals surface area contributed by atoms with Crippen LogP contribution in [0.4, 0.5) is 0 Å². The van der Waals surface area contributed by atoms with Gasteiger partial charge in [-0.05, 0) is 20.0 Å². The van der Waals surface area contributed by atoms with Gasteiger partial charge >= 0.3 is 0 Å². The molecular formula is C10H20N2O. The summed E-state index contributed by atoms with van der Waals surface area (Å²) in [6.45, 7) is 5.69. The van der Waals surface area contributed by atoms with E-state index in [1.165, 1.54) is 0 Å². The van der Waals surface area contributed by atoms with Gasteiger partial charge in [0.25, 0.3) is 0 Å². The summed E-state index contributed by atoms with van der Waals surface area (Å²) in [6.07, 6.45) is 3.44. The molecule has 3 heteroatoms. The average Bonchev–Trinajstić information content (AvgIpc) is 2.00. The largest absolute Gasteiger partial charge is 0.352 e. The molecular weight excluding hydrogens is 164 g/mol. The van der Waals surface area contributed by atoms with Crippen LogP contribution in [0.1, 0.15) is 13.8 Å². The number of likely N-dealkylation sites (N-methyl/N-ethyl adjacent to an activating group) is 1. The Kier molecular flexibility index (Phi) is 6.24. The number of carbonyl (C=O) groups is 1. The van der Waals surface area contributed by atoms with Gasteiger partial charge in [0.2, 0.25) is 5.91 Å². The smallest absolute Gasteiger partial charge is 0.243 e. The summed E-state index contributed by atoms with van der Waals surface area (Å²) in [4.78, 5) is 13.1. The monoisotopic (exact) mass is 184 g/mol. The van der Waals surface area contributed by atoms with E-state index in [9.17, 15) is 4.79 Å². The summed E-state index contributed by atoms with van der Waals surface area (Å²) < 4.78 is 0. The molecule has 0 heterocycles. The van der Waals surface area contributed by atoms with Crippen LogP contribution in [0, 0.1) is 5.92 Å². The Morgan fingerprint density at radius 1 is 1.46 bits per heavy atom. The first-order chi connectivity index (χ1) is 6.02. The minimum absolute atomic E-state index is 0.00412. The van der Waals surface area contributed by atoms with E-state index in [0.717, 1.165) is 13.1 Å². The van der Waals surface area contributed by atoms with E-state index < -0.39 is 0 Å². The Labute approximate surface area is 80.8 Å². The van der Waals surface area contributed by atoms with Crippen molar-refractivity contribution in [3.05, 3.63) is 12.2 Å². The summed E-state index contributed by atoms with van der Waals surface area (Å²) >= 11 is 0. The van der Waals surface area contributed by atoms with E-state index in [-0.39, 0.29) is 5.91 Å². The predicted octanol–water partition coefficient (Wildman–Crippen LogP) is 0.876. The molecule has 0 fully saturated rings. The minimum Gasteiger partial charge on any atom is -0.352 e. The van der Waals surface area contributed by atoms with Crippen molar-refractivity contribution in [2.45, 2.75) is 13.8 Å². The molecule has 0 aromatic heterocycles. The second-order valence-corrected chi connectivity index (χ2v) is 3.80. The van der Waals surface area contributed by atoms with Crippen molar-refractivity contribution in [2.24, 2.45) is 5.92 Å². The molecule has 0 saturated heterocycles. The van der Waals surface area contributed by atoms with Crippen LogP contribution < -0.4 is 5.32 Å². The minimum atomic E-state index is -0.00412. The Morgan fingerprint density at radius 2 is 2.08 bits per heavy atom. The number of hydrogen-bond donors (Lipinski definition) is 1. The summed E-state index contributed by atoms with van der Waals surface area (Å²) in [5.41, 5.74) is 0. The fourth-order valence-corrected chi connectivity index (χ4v) is 0.734. The molecule has 0 atom stereocenters. The zero-order chi connectivity index (χ0) is 10.3. The molecule has 0 rings (SSSR count). The van der Waals surface area contributed by atoms with Crippen molar-refractivity contribution < 1.29 is 4.79 Å². The lowest BCUT2D eigenvalue weighted by atomic mass is 10.2. The molecule has 0 aliphatic carbocycles. The molecule has 0 aromatic rings. The van der Waals surface area contributed by atoms with Crippen molar-refractivity contribution >= 4 is 5.91 Å². The fourth-order valence-electron chi connectivity index (χ4n) is 0.734. The third-order valence-electron chi connectivity index (χ3n) is 1.42. The molecule has 1 N–H and O–H groups in total. The highest BCUT2D eigenvalue weighted by atomic mass is 16.1. The number of rotatable bonds is 5. The summed E-state index contributed by atoms with van der Waals surface area (Å²) in [6, 6.07) is 0. The lowest BCUT2D eigenvalue weighted by Gasteiger charge is -2.05. The van der Waals surface area contributed by atoms with Crippen LogP contribution in [-0.2, 0) is 4.79 Å². The van der Waals surface area contributed by atoms with E-state index in [1.807, 2.05) is 25.1 Å². The van der Waals surface area contributed by atoms with Crippen molar-refractivity contribution in [3.8, 4) is 0 Å². The molecule has 1 amide bonds. The van der Waals surface area contributed by atoms with E-state index in [1.54, 1.807) is 6.08 Å². The molecule has 0 unspecified atom stereocenters. The molecule has 0 spiro atoms. The number of amides is 1. The van der Waals surface area contributed by atoms with Gasteiger partial charge in [0.05, 0.1) is 0 Å². The van der Waals surface area contributed by atoms with Gasteiger partial charge in [0.1, 0.15) is 0 Å². The van der Waals surface area contributed by atoms with Crippen LogP contribution in [0.15, 0.2) is 12.2 Å². The lowest BCUT2D eigenvalue weighted by Crippen LogP contribution is -2.25. The third-order valence-corrected chi connectivity index (χ3v) is 1.42. The highest BCUT2D eigenvalue weighted by Crippen LogP contribution is 1.87. The second-order valence-electron chi connectivity index (χ2n) is 3.80. The first-order valence-electron chi connectivity index (χ1n) is 4.61. The van der Waals surface area contributed by atoms with Crippen LogP contribution in [-0.4, -0.2) is 38.0 Å². The van der Waals surface area contributed by atoms with E-state index >= 15 is 0 Å². The molecule has 3 nitrogen and oxygen atoms in total. The Hall–Kier alpha value is -0.830. The van der Waals surface area contributed by atoms with Gasteiger partial charge in [-0.25, -0.2) is 0 Å². The van der Waals surface area contributed by atoms with Crippen molar-refractivity contribution in [1.29, 1.82) is 0 Å². The van der Waals surface area contributed by atoms with Gasteiger partial charge < -0.3 is 10.2 Å². The van der Waals surface area contributed by atoms with Crippen molar-refractivity contribution in [2.75, 3.05) is 27.2 Å². The number of nitrogens with zero attached hydrogens (tertiary/aromatic N) is 1. The molecule has 0 bridgehead atoms. The van der Waals surface area contributed by atoms with Crippen molar-refractivity contribution in [1.82, 2.24) is 10.2 Å². The third kappa shape index (κ3) is 9.08. The lowest BCUT2D eigenvalue weighted by molar-refractivity contribution is -0.116. The molecule has 0 aromatic carbocycles. The molecule has 0 aliphatic rings. The molecule has 0 saturated carbocycles. The Morgan fingerprint density at radius 3 is 2.54 bits per heavy atom. The maximum Gasteiger partial charge on any atom is 0.243 e. The predicted molar refractivity (Wildman–Crippen MR) is 55.5 cm³/mol. The zero-order valence-corrected chi connectivity index (χ0v) is 9.00. The first-order valence-corrected chi connectivity index (χ1v) is 4.61. The average molecular weight is 184 g/mol. The number of hydrogen-bond acceptors (Lipinski definition) is 2. The van der Waals surface area contributed by atoms with Gasteiger partial charge in [-0.1, -0.05) is 19.9 Å². The first kappa shape index (κ1) is 12.2. The van der Waals surface area contributed by atoms with Crippen LogP contribution in [0.2, 0.25) is 0 Å². The topological polar surface area (TPSA) is 32.3 Å². The second kappa shape index (κ2) is 6.66. The molecule has 0 aliphatic heterocycles. The maximum absolute atomic E-state index is 11.1. The maximum atomic E-state index is 11.1. The summed E-state index contributed by atoms with van der Waals surface area (Å²) in [5.74, 6) is 0.502. The molecule has 76 valence electrons. The van der Waals surface area contributed by atoms with Crippen LogP contribution in [0.25, 0.3) is 0 Å². The van der Waals surface area contributed by atoms with E-state index in [4.69, 9.17) is 0 Å². The number of carbonyl (C=O) groups excluding carboxylic acids is 1. The SMILES string of the molecule is CC(C)CNC(=O)/C=C/CN(C)C. The van der Waals surface area contributed by atoms with Crippen molar-refractivity contribution in [3.63, 3.8) is 0 Å². The van der Waals surface area contributed by atoms with Crippen LogP contribution in [0.5, 0.6) is 0 Å². The summed E-state index contributed by atoms with van der Waals surface area (Å²) in [7, 11) is 3.94. The standard InChI is InChI=1S/C10H20N2O/c1-9(2)8-11-10(13)6-5-7-12(3)4/h5-6,9H,7-8H2,1-4H3,(H,11,13)/b6-5+. The molecule has 0 radical (unpaired) electrons. The fraction of sp³-hybridized carbons (Fsp3) is 0.700. The highest BCUT2D eigenvalue weighted by molar-refractivity contribution is 5.87. The Bertz CT molecular complexity index is 174. The number of nitrogens with one attached hydrogen (secondary N) is 1. The normalized spacial score (nSPS) is 11.5. The summed E-state index contributed by atoms with van der Waals surface area (Å²) in [5, 5.41) is 2.81. The van der Waals surface area contributed by atoms with Gasteiger partial charge in [0.15, 0.2) is 0 Å². The van der Waals surface area contributed by atoms with Gasteiger partial charge in [-0.15, -0.1) is 0 Å². The molecule has 13 heavy (non-hydrogen) atoms. The van der Waals surface area contributed by atoms with E-state index in [0.29, 0.717) is 5.92 Å². The van der Waals surface area contributed by atoms with Crippen LogP contribution >= 0.6 is 0 Å². The quantitative estimate of drug-likeness (QED) is 0.643. The Balaban J connectivity index is 3.56. The van der Waals surface area contributed by atoms with Crippen LogP contribution in [0.3, 0.4) is 0 Å². The zero-order valence-electron chi connectivity index (χ0n) is 9.00.